The molecule has 1 fully saturated rings. The summed E-state index contributed by atoms with van der Waals surface area (Å²) in [6, 6.07) is 5.42. The average molecular weight is 309 g/mol. The number of hydrogen-bond acceptors (Lipinski definition) is 2. The van der Waals surface area contributed by atoms with E-state index < -0.39 is 0 Å². The van der Waals surface area contributed by atoms with Gasteiger partial charge in [-0.15, -0.1) is 0 Å². The number of hydrogen-bond donors (Lipinski definition) is 1. The zero-order valence-corrected chi connectivity index (χ0v) is 13.2. The minimum atomic E-state index is -0.271. The molecule has 0 aromatic heterocycles. The number of anilines is 1. The first-order chi connectivity index (χ1) is 10.0. The molecule has 2 rings (SSSR count). The van der Waals surface area contributed by atoms with Crippen molar-refractivity contribution in [1.29, 1.82) is 0 Å². The van der Waals surface area contributed by atoms with Gasteiger partial charge in [0.1, 0.15) is 0 Å². The summed E-state index contributed by atoms with van der Waals surface area (Å²) in [5.41, 5.74) is 1.56. The van der Waals surface area contributed by atoms with Crippen molar-refractivity contribution in [3.8, 4) is 0 Å². The molecule has 5 heteroatoms. The number of benzene rings is 1. The van der Waals surface area contributed by atoms with E-state index in [0.717, 1.165) is 24.9 Å². The van der Waals surface area contributed by atoms with Gasteiger partial charge < -0.3 is 10.2 Å². The number of nitrogens with one attached hydrogen (secondary N) is 1. The number of nitrogens with zero attached hydrogens (tertiary/aromatic N) is 1. The van der Waals surface area contributed by atoms with Gasteiger partial charge in [0.15, 0.2) is 0 Å². The molecule has 1 atom stereocenters. The topological polar surface area (TPSA) is 49.4 Å². The van der Waals surface area contributed by atoms with Crippen molar-refractivity contribution < 1.29 is 9.59 Å². The normalized spacial score (nSPS) is 18.1. The third-order valence-electron chi connectivity index (χ3n) is 3.89. The Bertz CT molecular complexity index is 545. The maximum Gasteiger partial charge on any atom is 0.229 e. The number of halogens is 1. The van der Waals surface area contributed by atoms with Gasteiger partial charge in [-0.1, -0.05) is 31.0 Å². The van der Waals surface area contributed by atoms with Crippen molar-refractivity contribution in [1.82, 2.24) is 4.90 Å². The summed E-state index contributed by atoms with van der Waals surface area (Å²) in [6.45, 7) is 5.22. The predicted molar refractivity (Wildman–Crippen MR) is 84.4 cm³/mol. The van der Waals surface area contributed by atoms with Crippen molar-refractivity contribution in [3.05, 3.63) is 28.8 Å². The van der Waals surface area contributed by atoms with Gasteiger partial charge in [0.2, 0.25) is 11.8 Å². The zero-order chi connectivity index (χ0) is 15.4. The molecule has 1 saturated heterocycles. The van der Waals surface area contributed by atoms with Crippen molar-refractivity contribution in [2.24, 2.45) is 5.92 Å². The van der Waals surface area contributed by atoms with Crippen LogP contribution in [0, 0.1) is 12.8 Å². The Kier molecular flexibility index (Phi) is 5.23. The van der Waals surface area contributed by atoms with Crippen molar-refractivity contribution in [3.63, 3.8) is 0 Å². The molecule has 0 spiro atoms. The highest BCUT2D eigenvalue weighted by Crippen LogP contribution is 2.25. The van der Waals surface area contributed by atoms with Crippen LogP contribution in [0.5, 0.6) is 0 Å². The summed E-state index contributed by atoms with van der Waals surface area (Å²) in [7, 11) is 0. The SMILES string of the molecule is CCCCN1C[C@@H](C(=O)Nc2cccc(Cl)c2C)CC1=O. The quantitative estimate of drug-likeness (QED) is 0.908. The zero-order valence-electron chi connectivity index (χ0n) is 12.5. The second-order valence-corrected chi connectivity index (χ2v) is 5.90. The van der Waals surface area contributed by atoms with E-state index in [0.29, 0.717) is 23.7 Å². The molecule has 0 radical (unpaired) electrons. The molecular weight excluding hydrogens is 288 g/mol. The predicted octanol–water partition coefficient (Wildman–Crippen LogP) is 3.24. The maximum atomic E-state index is 12.3. The van der Waals surface area contributed by atoms with Crippen LogP contribution in [0.3, 0.4) is 0 Å². The number of rotatable bonds is 5. The number of likely N-dealkylation sites (tertiary alicyclic amines) is 1. The number of carbonyl (C=O) groups excluding carboxylic acids is 2. The highest BCUT2D eigenvalue weighted by atomic mass is 35.5. The summed E-state index contributed by atoms with van der Waals surface area (Å²) in [6.07, 6.45) is 2.32. The molecule has 114 valence electrons. The van der Waals surface area contributed by atoms with E-state index >= 15 is 0 Å². The van der Waals surface area contributed by atoms with E-state index in [9.17, 15) is 9.59 Å². The van der Waals surface area contributed by atoms with Gasteiger partial charge in [0.05, 0.1) is 5.92 Å². The van der Waals surface area contributed by atoms with Gasteiger partial charge >= 0.3 is 0 Å². The van der Waals surface area contributed by atoms with E-state index in [4.69, 9.17) is 11.6 Å². The Morgan fingerprint density at radius 3 is 2.95 bits per heavy atom. The van der Waals surface area contributed by atoms with Crippen LogP contribution in [0.1, 0.15) is 31.7 Å². The third kappa shape index (κ3) is 3.76. The third-order valence-corrected chi connectivity index (χ3v) is 4.30. The fourth-order valence-corrected chi connectivity index (χ4v) is 2.67. The Hall–Kier alpha value is -1.55. The fraction of sp³-hybridized carbons (Fsp3) is 0.500. The van der Waals surface area contributed by atoms with Gasteiger partial charge in [-0.3, -0.25) is 9.59 Å². The standard InChI is InChI=1S/C16H21ClN2O2/c1-3-4-8-19-10-12(9-15(19)20)16(21)18-14-7-5-6-13(17)11(14)2/h5-7,12H,3-4,8-10H2,1-2H3,(H,18,21)/t12-/m0/s1. The molecule has 1 aliphatic heterocycles. The molecule has 1 aromatic rings. The molecule has 1 N–H and O–H groups in total. The summed E-state index contributed by atoms with van der Waals surface area (Å²) in [5.74, 6) is -0.299. The summed E-state index contributed by atoms with van der Waals surface area (Å²) >= 11 is 6.05. The first-order valence-corrected chi connectivity index (χ1v) is 7.74. The van der Waals surface area contributed by atoms with Crippen molar-refractivity contribution in [2.45, 2.75) is 33.1 Å². The van der Waals surface area contributed by atoms with Crippen LogP contribution in [-0.2, 0) is 9.59 Å². The Morgan fingerprint density at radius 1 is 1.48 bits per heavy atom. The number of unbranched alkanes of at least 4 members (excludes halogenated alkanes) is 1. The van der Waals surface area contributed by atoms with Crippen LogP contribution in [0.25, 0.3) is 0 Å². The van der Waals surface area contributed by atoms with E-state index in [1.54, 1.807) is 17.0 Å². The summed E-state index contributed by atoms with van der Waals surface area (Å²) < 4.78 is 0. The van der Waals surface area contributed by atoms with Crippen LogP contribution >= 0.6 is 11.6 Å². The van der Waals surface area contributed by atoms with Gasteiger partial charge in [-0.25, -0.2) is 0 Å². The molecule has 2 amide bonds. The molecule has 0 bridgehead atoms. The molecule has 1 aromatic carbocycles. The maximum absolute atomic E-state index is 12.3. The molecule has 0 unspecified atom stereocenters. The van der Waals surface area contributed by atoms with E-state index in [2.05, 4.69) is 12.2 Å². The van der Waals surface area contributed by atoms with E-state index in [-0.39, 0.29) is 17.7 Å². The average Bonchev–Trinajstić information content (AvgIpc) is 2.83. The number of carbonyl (C=O) groups is 2. The number of amides is 2. The van der Waals surface area contributed by atoms with Crippen LogP contribution in [0.15, 0.2) is 18.2 Å². The molecule has 1 heterocycles. The molecule has 4 nitrogen and oxygen atoms in total. The van der Waals surface area contributed by atoms with Gasteiger partial charge in [0, 0.05) is 30.2 Å². The lowest BCUT2D eigenvalue weighted by Gasteiger charge is -2.16. The smallest absolute Gasteiger partial charge is 0.229 e. The van der Waals surface area contributed by atoms with Gasteiger partial charge in [-0.2, -0.15) is 0 Å². The second kappa shape index (κ2) is 6.94. The Balaban J connectivity index is 1.98. The highest BCUT2D eigenvalue weighted by Gasteiger charge is 2.33. The van der Waals surface area contributed by atoms with Crippen molar-refractivity contribution >= 4 is 29.1 Å². The minimum Gasteiger partial charge on any atom is -0.342 e. The largest absolute Gasteiger partial charge is 0.342 e. The van der Waals surface area contributed by atoms with E-state index in [1.165, 1.54) is 0 Å². The monoisotopic (exact) mass is 308 g/mol. The van der Waals surface area contributed by atoms with Crippen LogP contribution < -0.4 is 5.32 Å². The molecule has 21 heavy (non-hydrogen) atoms. The molecule has 0 aliphatic carbocycles. The van der Waals surface area contributed by atoms with E-state index in [1.807, 2.05) is 13.0 Å². The first-order valence-electron chi connectivity index (χ1n) is 7.36. The first kappa shape index (κ1) is 15.8. The summed E-state index contributed by atoms with van der Waals surface area (Å²) in [4.78, 5) is 26.0. The Morgan fingerprint density at radius 2 is 2.24 bits per heavy atom. The van der Waals surface area contributed by atoms with Gasteiger partial charge in [-0.05, 0) is 31.0 Å². The van der Waals surface area contributed by atoms with Crippen molar-refractivity contribution in [2.75, 3.05) is 18.4 Å². The Labute approximate surface area is 130 Å². The molecule has 1 aliphatic rings. The lowest BCUT2D eigenvalue weighted by Crippen LogP contribution is -2.29. The fourth-order valence-electron chi connectivity index (χ4n) is 2.49. The van der Waals surface area contributed by atoms with Crippen LogP contribution in [-0.4, -0.2) is 29.8 Å². The van der Waals surface area contributed by atoms with Crippen LogP contribution in [0.2, 0.25) is 5.02 Å². The van der Waals surface area contributed by atoms with Gasteiger partial charge in [0.25, 0.3) is 0 Å². The van der Waals surface area contributed by atoms with Crippen LogP contribution in [0.4, 0.5) is 5.69 Å². The highest BCUT2D eigenvalue weighted by molar-refractivity contribution is 6.31. The second-order valence-electron chi connectivity index (χ2n) is 5.50. The molecular formula is C16H21ClN2O2. The lowest BCUT2D eigenvalue weighted by atomic mass is 10.1. The minimum absolute atomic E-state index is 0.0754. The summed E-state index contributed by atoms with van der Waals surface area (Å²) in [5, 5.41) is 3.51. The molecule has 0 saturated carbocycles. The lowest BCUT2D eigenvalue weighted by molar-refractivity contribution is -0.128.